The number of rotatable bonds is 7. The topological polar surface area (TPSA) is 27.7 Å². The molecule has 1 heterocycles. The maximum Gasteiger partial charge on any atom is 0.358 e. The van der Waals surface area contributed by atoms with Gasteiger partial charge in [0.15, 0.2) is 23.8 Å². The minimum Gasteiger partial charge on any atom is -0.352 e. The van der Waals surface area contributed by atoms with E-state index in [1.54, 1.807) is 0 Å². The smallest absolute Gasteiger partial charge is 0.352 e. The zero-order valence-electron chi connectivity index (χ0n) is 15.2. The Balaban J connectivity index is 1.81. The summed E-state index contributed by atoms with van der Waals surface area (Å²) in [6.45, 7) is 5.28. The van der Waals surface area contributed by atoms with Crippen molar-refractivity contribution >= 4 is 0 Å². The average Bonchev–Trinajstić information content (AvgIpc) is 2.67. The number of halogens is 5. The van der Waals surface area contributed by atoms with Crippen molar-refractivity contribution in [3.63, 3.8) is 0 Å². The lowest BCUT2D eigenvalue weighted by Crippen LogP contribution is -2.40. The molecule has 0 aromatic carbocycles. The van der Waals surface area contributed by atoms with E-state index >= 15 is 0 Å². The quantitative estimate of drug-likeness (QED) is 0.414. The van der Waals surface area contributed by atoms with Gasteiger partial charge in [0.2, 0.25) is 0 Å². The molecule has 2 fully saturated rings. The van der Waals surface area contributed by atoms with Gasteiger partial charge in [-0.1, -0.05) is 13.5 Å². The van der Waals surface area contributed by atoms with Crippen molar-refractivity contribution in [3.8, 4) is 0 Å². The van der Waals surface area contributed by atoms with Crippen molar-refractivity contribution in [2.24, 2.45) is 17.8 Å². The molecule has 0 bridgehead atoms. The fourth-order valence-corrected chi connectivity index (χ4v) is 3.25. The number of ether oxygens (including phenoxy) is 3. The van der Waals surface area contributed by atoms with Crippen molar-refractivity contribution < 1.29 is 36.2 Å². The second-order valence-corrected chi connectivity index (χ2v) is 7.04. The third-order valence-corrected chi connectivity index (χ3v) is 4.86. The summed E-state index contributed by atoms with van der Waals surface area (Å²) in [7, 11) is 0. The summed E-state index contributed by atoms with van der Waals surface area (Å²) < 4.78 is 83.3. The summed E-state index contributed by atoms with van der Waals surface area (Å²) >= 11 is 0. The molecule has 0 radical (unpaired) electrons. The lowest BCUT2D eigenvalue weighted by Gasteiger charge is -2.38. The monoisotopic (exact) mass is 396 g/mol. The zero-order chi connectivity index (χ0) is 20.0. The van der Waals surface area contributed by atoms with Gasteiger partial charge in [-0.3, -0.25) is 0 Å². The highest BCUT2D eigenvalue weighted by Crippen LogP contribution is 2.41. The molecule has 1 aliphatic heterocycles. The number of hydrogen-bond acceptors (Lipinski definition) is 3. The van der Waals surface area contributed by atoms with Crippen LogP contribution >= 0.6 is 0 Å². The SMILES string of the molecule is C=C/C(F)=C(F)\C(F)=C/COC(F)(F)C1CCC(C2OCC(C)CO2)CC1. The van der Waals surface area contributed by atoms with E-state index in [2.05, 4.69) is 11.3 Å². The third-order valence-electron chi connectivity index (χ3n) is 4.86. The van der Waals surface area contributed by atoms with Crippen molar-refractivity contribution in [3.05, 3.63) is 36.2 Å². The molecule has 0 unspecified atom stereocenters. The van der Waals surface area contributed by atoms with Crippen LogP contribution in [0.2, 0.25) is 0 Å². The summed E-state index contributed by atoms with van der Waals surface area (Å²) in [6, 6.07) is 0. The minimum atomic E-state index is -3.48. The minimum absolute atomic E-state index is 0.0583. The van der Waals surface area contributed by atoms with Crippen LogP contribution < -0.4 is 0 Å². The Hall–Kier alpha value is -1.25. The van der Waals surface area contributed by atoms with Gasteiger partial charge in [-0.2, -0.15) is 8.78 Å². The number of alkyl halides is 2. The normalized spacial score (nSPS) is 31.4. The van der Waals surface area contributed by atoms with E-state index in [-0.39, 0.29) is 25.0 Å². The zero-order valence-corrected chi connectivity index (χ0v) is 15.2. The summed E-state index contributed by atoms with van der Waals surface area (Å²) in [5, 5.41) is 0. The van der Waals surface area contributed by atoms with Crippen molar-refractivity contribution in [2.45, 2.75) is 45.0 Å². The van der Waals surface area contributed by atoms with Gasteiger partial charge in [0, 0.05) is 11.8 Å². The van der Waals surface area contributed by atoms with Gasteiger partial charge >= 0.3 is 6.11 Å². The van der Waals surface area contributed by atoms with Crippen molar-refractivity contribution in [1.29, 1.82) is 0 Å². The van der Waals surface area contributed by atoms with Crippen LogP contribution in [-0.2, 0) is 14.2 Å². The standard InChI is InChI=1S/C19H25F5O3/c1-3-15(20)17(22)16(21)8-9-27-19(23,24)14-6-4-13(5-7-14)18-25-10-12(2)11-26-18/h3,8,12-14,18H,1,4-7,9-11H2,2H3/b16-8+,17-15-. The largest absolute Gasteiger partial charge is 0.358 e. The molecule has 3 nitrogen and oxygen atoms in total. The van der Waals surface area contributed by atoms with Crippen molar-refractivity contribution in [1.82, 2.24) is 0 Å². The maximum absolute atomic E-state index is 14.2. The van der Waals surface area contributed by atoms with Crippen LogP contribution in [0.3, 0.4) is 0 Å². The van der Waals surface area contributed by atoms with Gasteiger partial charge in [-0.25, -0.2) is 13.2 Å². The molecule has 0 spiro atoms. The molecule has 1 aliphatic carbocycles. The van der Waals surface area contributed by atoms with Crippen LogP contribution in [0.1, 0.15) is 32.6 Å². The van der Waals surface area contributed by atoms with Crippen LogP contribution in [0.15, 0.2) is 36.2 Å². The predicted octanol–water partition coefficient (Wildman–Crippen LogP) is 5.60. The molecule has 0 aromatic rings. The Kier molecular flexibility index (Phi) is 8.00. The molecule has 8 heteroatoms. The summed E-state index contributed by atoms with van der Waals surface area (Å²) in [4.78, 5) is 0. The van der Waals surface area contributed by atoms with E-state index in [0.717, 1.165) is 0 Å². The summed E-state index contributed by atoms with van der Waals surface area (Å²) in [5.74, 6) is -5.55. The van der Waals surface area contributed by atoms with E-state index in [1.165, 1.54) is 0 Å². The van der Waals surface area contributed by atoms with E-state index in [9.17, 15) is 22.0 Å². The lowest BCUT2D eigenvalue weighted by molar-refractivity contribution is -0.278. The Morgan fingerprint density at radius 3 is 2.26 bits per heavy atom. The molecule has 2 aliphatic rings. The molecule has 0 atom stereocenters. The van der Waals surface area contributed by atoms with Crippen LogP contribution in [0, 0.1) is 17.8 Å². The molecular weight excluding hydrogens is 371 g/mol. The first-order valence-corrected chi connectivity index (χ1v) is 9.03. The highest BCUT2D eigenvalue weighted by atomic mass is 19.3. The van der Waals surface area contributed by atoms with Gasteiger partial charge in [0.05, 0.1) is 25.7 Å². The molecule has 1 saturated heterocycles. The van der Waals surface area contributed by atoms with E-state index in [0.29, 0.717) is 44.1 Å². The van der Waals surface area contributed by atoms with Crippen LogP contribution in [-0.4, -0.2) is 32.2 Å². The van der Waals surface area contributed by atoms with E-state index in [4.69, 9.17) is 9.47 Å². The molecule has 0 amide bonds. The lowest BCUT2D eigenvalue weighted by atomic mass is 9.81. The summed E-state index contributed by atoms with van der Waals surface area (Å²) in [5.41, 5.74) is 0. The average molecular weight is 396 g/mol. The Labute approximate surface area is 155 Å². The third kappa shape index (κ3) is 6.12. The van der Waals surface area contributed by atoms with Crippen LogP contribution in [0.4, 0.5) is 22.0 Å². The Morgan fingerprint density at radius 1 is 1.11 bits per heavy atom. The highest BCUT2D eigenvalue weighted by molar-refractivity contribution is 5.26. The van der Waals surface area contributed by atoms with Gasteiger partial charge in [-0.05, 0) is 37.8 Å². The maximum atomic E-state index is 14.2. The van der Waals surface area contributed by atoms with Gasteiger partial charge in [0.25, 0.3) is 0 Å². The fourth-order valence-electron chi connectivity index (χ4n) is 3.25. The Morgan fingerprint density at radius 2 is 1.70 bits per heavy atom. The second kappa shape index (κ2) is 9.80. The molecule has 0 N–H and O–H groups in total. The fraction of sp³-hybridized carbons (Fsp3) is 0.684. The number of hydrogen-bond donors (Lipinski definition) is 0. The first kappa shape index (κ1) is 22.0. The second-order valence-electron chi connectivity index (χ2n) is 7.04. The number of allylic oxidation sites excluding steroid dienone is 4. The van der Waals surface area contributed by atoms with E-state index < -0.39 is 36.1 Å². The highest BCUT2D eigenvalue weighted by Gasteiger charge is 2.44. The van der Waals surface area contributed by atoms with E-state index in [1.807, 2.05) is 6.92 Å². The predicted molar refractivity (Wildman–Crippen MR) is 89.8 cm³/mol. The molecule has 154 valence electrons. The Bertz CT molecular complexity index is 560. The van der Waals surface area contributed by atoms with Gasteiger partial charge < -0.3 is 14.2 Å². The molecule has 0 aromatic heterocycles. The first-order chi connectivity index (χ1) is 12.7. The molecular formula is C19H25F5O3. The van der Waals surface area contributed by atoms with Crippen molar-refractivity contribution in [2.75, 3.05) is 19.8 Å². The van der Waals surface area contributed by atoms with Gasteiger partial charge in [-0.15, -0.1) is 0 Å². The van der Waals surface area contributed by atoms with Gasteiger partial charge in [0.1, 0.15) is 0 Å². The van der Waals surface area contributed by atoms with Crippen LogP contribution in [0.5, 0.6) is 0 Å². The molecule has 1 saturated carbocycles. The van der Waals surface area contributed by atoms with Crippen LogP contribution in [0.25, 0.3) is 0 Å². The summed E-state index contributed by atoms with van der Waals surface area (Å²) in [6.07, 6.45) is -1.49. The molecule has 27 heavy (non-hydrogen) atoms. The first-order valence-electron chi connectivity index (χ1n) is 9.03. The molecule has 2 rings (SSSR count).